The zero-order valence-corrected chi connectivity index (χ0v) is 15.8. The van der Waals surface area contributed by atoms with Crippen LogP contribution in [0.15, 0.2) is 23.0 Å². The van der Waals surface area contributed by atoms with Gasteiger partial charge in [0.15, 0.2) is 0 Å². The summed E-state index contributed by atoms with van der Waals surface area (Å²) in [7, 11) is 1.81. The summed E-state index contributed by atoms with van der Waals surface area (Å²) in [4.78, 5) is 12.9. The van der Waals surface area contributed by atoms with Gasteiger partial charge in [0.25, 0.3) is 0 Å². The number of piperazine rings is 1. The first-order valence-corrected chi connectivity index (χ1v) is 9.71. The van der Waals surface area contributed by atoms with Gasteiger partial charge < -0.3 is 15.4 Å². The summed E-state index contributed by atoms with van der Waals surface area (Å²) in [6.07, 6.45) is 2.33. The largest absolute Gasteiger partial charge is 0.365 e. The SMILES string of the molecule is Cn1c(=O)n(C2CNCCN2)c2cccc(C#CCOC3CCNCC3)c21. The van der Waals surface area contributed by atoms with E-state index in [0.29, 0.717) is 12.7 Å². The van der Waals surface area contributed by atoms with Crippen LogP contribution in [0.2, 0.25) is 0 Å². The molecule has 7 heteroatoms. The summed E-state index contributed by atoms with van der Waals surface area (Å²) < 4.78 is 9.39. The van der Waals surface area contributed by atoms with Gasteiger partial charge in [0.05, 0.1) is 22.7 Å². The predicted octanol–water partition coefficient (Wildman–Crippen LogP) is 0.152. The third kappa shape index (κ3) is 3.80. The number of benzene rings is 1. The van der Waals surface area contributed by atoms with E-state index in [2.05, 4.69) is 27.8 Å². The van der Waals surface area contributed by atoms with Gasteiger partial charge in [-0.3, -0.25) is 14.5 Å². The average Bonchev–Trinajstić information content (AvgIpc) is 2.98. The Morgan fingerprint density at radius 3 is 2.81 bits per heavy atom. The lowest BCUT2D eigenvalue weighted by atomic mass is 10.1. The molecular weight excluding hydrogens is 342 g/mol. The number of fused-ring (bicyclic) bond motifs is 1. The number of rotatable bonds is 3. The molecule has 1 atom stereocenters. The third-order valence-corrected chi connectivity index (χ3v) is 5.33. The van der Waals surface area contributed by atoms with Crippen LogP contribution in [0, 0.1) is 11.8 Å². The fraction of sp³-hybridized carbons (Fsp3) is 0.550. The summed E-state index contributed by atoms with van der Waals surface area (Å²) in [5.41, 5.74) is 2.63. The normalized spacial score (nSPS) is 21.1. The fourth-order valence-electron chi connectivity index (χ4n) is 3.91. The Hall–Kier alpha value is -2.11. The smallest absolute Gasteiger partial charge is 0.330 e. The molecule has 1 unspecified atom stereocenters. The van der Waals surface area contributed by atoms with Crippen LogP contribution >= 0.6 is 0 Å². The number of nitrogens with one attached hydrogen (secondary N) is 3. The molecule has 0 spiro atoms. The number of aromatic nitrogens is 2. The molecule has 3 N–H and O–H groups in total. The first kappa shape index (κ1) is 18.3. The molecule has 0 amide bonds. The van der Waals surface area contributed by atoms with Gasteiger partial charge in [0.2, 0.25) is 0 Å². The monoisotopic (exact) mass is 369 g/mol. The van der Waals surface area contributed by atoms with Gasteiger partial charge >= 0.3 is 5.69 Å². The molecule has 2 aliphatic rings. The Balaban J connectivity index is 1.59. The molecule has 7 nitrogen and oxygen atoms in total. The molecule has 2 fully saturated rings. The zero-order valence-electron chi connectivity index (χ0n) is 15.8. The van der Waals surface area contributed by atoms with Gasteiger partial charge in [-0.05, 0) is 38.1 Å². The van der Waals surface area contributed by atoms with Gasteiger partial charge in [-0.25, -0.2) is 4.79 Å². The van der Waals surface area contributed by atoms with E-state index in [9.17, 15) is 4.79 Å². The molecule has 2 aliphatic heterocycles. The molecule has 0 bridgehead atoms. The zero-order chi connectivity index (χ0) is 18.6. The molecule has 0 saturated carbocycles. The highest BCUT2D eigenvalue weighted by atomic mass is 16.5. The minimum atomic E-state index is -0.0404. The first-order chi connectivity index (χ1) is 13.3. The fourth-order valence-corrected chi connectivity index (χ4v) is 3.91. The van der Waals surface area contributed by atoms with Crippen LogP contribution < -0.4 is 21.6 Å². The van der Waals surface area contributed by atoms with Crippen molar-refractivity contribution in [2.45, 2.75) is 25.1 Å². The summed E-state index contributed by atoms with van der Waals surface area (Å²) in [5.74, 6) is 6.34. The van der Waals surface area contributed by atoms with E-state index in [1.54, 1.807) is 4.57 Å². The van der Waals surface area contributed by atoms with Crippen molar-refractivity contribution in [3.8, 4) is 11.8 Å². The average molecular weight is 369 g/mol. The molecule has 2 saturated heterocycles. The summed E-state index contributed by atoms with van der Waals surface area (Å²) in [6, 6.07) is 5.92. The molecule has 27 heavy (non-hydrogen) atoms. The number of nitrogens with zero attached hydrogens (tertiary/aromatic N) is 2. The van der Waals surface area contributed by atoms with Gasteiger partial charge in [-0.1, -0.05) is 17.9 Å². The lowest BCUT2D eigenvalue weighted by Crippen LogP contribution is -2.48. The highest BCUT2D eigenvalue weighted by Gasteiger charge is 2.21. The van der Waals surface area contributed by atoms with Crippen molar-refractivity contribution in [2.24, 2.45) is 7.05 Å². The maximum Gasteiger partial charge on any atom is 0.330 e. The lowest BCUT2D eigenvalue weighted by Gasteiger charge is -2.25. The second kappa shape index (κ2) is 8.28. The lowest BCUT2D eigenvalue weighted by molar-refractivity contribution is 0.0548. The quantitative estimate of drug-likeness (QED) is 0.672. The standard InChI is InChI=1S/C20H27N5O2/c1-24-19-15(5-3-13-27-16-7-9-21-10-8-16)4-2-6-17(19)25(20(24)26)18-14-22-11-12-23-18/h2,4,6,16,18,21-23H,7-14H2,1H3. The van der Waals surface area contributed by atoms with Crippen LogP contribution in [0.4, 0.5) is 0 Å². The molecule has 2 aromatic rings. The van der Waals surface area contributed by atoms with Gasteiger partial charge in [0, 0.05) is 26.7 Å². The molecular formula is C20H27N5O2. The predicted molar refractivity (Wildman–Crippen MR) is 106 cm³/mol. The minimum Gasteiger partial charge on any atom is -0.365 e. The van der Waals surface area contributed by atoms with Crippen LogP contribution in [0.3, 0.4) is 0 Å². The maximum atomic E-state index is 12.9. The van der Waals surface area contributed by atoms with Crippen LogP contribution in [-0.4, -0.2) is 54.6 Å². The summed E-state index contributed by atoms with van der Waals surface area (Å²) in [5, 5.41) is 10.1. The van der Waals surface area contributed by atoms with Crippen molar-refractivity contribution in [2.75, 3.05) is 39.3 Å². The number of imidazole rings is 1. The number of aryl methyl sites for hydroxylation is 1. The molecule has 3 heterocycles. The van der Waals surface area contributed by atoms with Crippen molar-refractivity contribution < 1.29 is 4.74 Å². The van der Waals surface area contributed by atoms with E-state index in [0.717, 1.165) is 62.2 Å². The van der Waals surface area contributed by atoms with Gasteiger partial charge in [0.1, 0.15) is 12.8 Å². The Bertz CT molecular complexity index is 908. The van der Waals surface area contributed by atoms with E-state index in [1.807, 2.05) is 29.8 Å². The molecule has 4 rings (SSSR count). The number of hydrogen-bond acceptors (Lipinski definition) is 5. The van der Waals surface area contributed by atoms with E-state index >= 15 is 0 Å². The second-order valence-electron chi connectivity index (χ2n) is 7.12. The van der Waals surface area contributed by atoms with Crippen LogP contribution in [0.25, 0.3) is 11.0 Å². The minimum absolute atomic E-state index is 0.0218. The van der Waals surface area contributed by atoms with Gasteiger partial charge in [-0.15, -0.1) is 0 Å². The number of ether oxygens (including phenoxy) is 1. The molecule has 1 aromatic carbocycles. The van der Waals surface area contributed by atoms with Crippen LogP contribution in [0.1, 0.15) is 24.6 Å². The highest BCUT2D eigenvalue weighted by Crippen LogP contribution is 2.19. The Labute approximate surface area is 159 Å². The summed E-state index contributed by atoms with van der Waals surface area (Å²) in [6.45, 7) is 4.95. The highest BCUT2D eigenvalue weighted by molar-refractivity contribution is 5.83. The van der Waals surface area contributed by atoms with Crippen molar-refractivity contribution in [3.05, 3.63) is 34.2 Å². The summed E-state index contributed by atoms with van der Waals surface area (Å²) >= 11 is 0. The Morgan fingerprint density at radius 1 is 1.19 bits per heavy atom. The Morgan fingerprint density at radius 2 is 2.04 bits per heavy atom. The van der Waals surface area contributed by atoms with E-state index in [1.165, 1.54) is 0 Å². The molecule has 144 valence electrons. The molecule has 0 radical (unpaired) electrons. The second-order valence-corrected chi connectivity index (χ2v) is 7.12. The number of para-hydroxylation sites is 1. The van der Waals surface area contributed by atoms with Crippen molar-refractivity contribution in [1.29, 1.82) is 0 Å². The van der Waals surface area contributed by atoms with E-state index < -0.39 is 0 Å². The Kier molecular flexibility index (Phi) is 5.60. The topological polar surface area (TPSA) is 72.2 Å². The molecule has 0 aliphatic carbocycles. The molecule has 1 aromatic heterocycles. The van der Waals surface area contributed by atoms with E-state index in [-0.39, 0.29) is 11.9 Å². The van der Waals surface area contributed by atoms with Crippen molar-refractivity contribution in [1.82, 2.24) is 25.1 Å². The number of piperidine rings is 1. The third-order valence-electron chi connectivity index (χ3n) is 5.33. The van der Waals surface area contributed by atoms with Crippen LogP contribution in [-0.2, 0) is 11.8 Å². The van der Waals surface area contributed by atoms with E-state index in [4.69, 9.17) is 4.74 Å². The van der Waals surface area contributed by atoms with Crippen molar-refractivity contribution >= 4 is 11.0 Å². The maximum absolute atomic E-state index is 12.9. The van der Waals surface area contributed by atoms with Gasteiger partial charge in [-0.2, -0.15) is 0 Å². The van der Waals surface area contributed by atoms with Crippen LogP contribution in [0.5, 0.6) is 0 Å². The van der Waals surface area contributed by atoms with Crippen molar-refractivity contribution in [3.63, 3.8) is 0 Å². The number of hydrogen-bond donors (Lipinski definition) is 3. The first-order valence-electron chi connectivity index (χ1n) is 9.71.